The zero-order valence-corrected chi connectivity index (χ0v) is 18.9. The number of fused-ring (bicyclic) bond motifs is 1. The number of hydrogen-bond donors (Lipinski definition) is 2. The third-order valence-electron chi connectivity index (χ3n) is 5.38. The predicted octanol–water partition coefficient (Wildman–Crippen LogP) is 5.02. The first-order valence-corrected chi connectivity index (χ1v) is 10.8. The maximum Gasteiger partial charge on any atom is 0.256 e. The van der Waals surface area contributed by atoms with Crippen molar-refractivity contribution >= 4 is 44.1 Å². The van der Waals surface area contributed by atoms with E-state index in [9.17, 15) is 9.59 Å². The number of benzene rings is 1. The minimum atomic E-state index is -0.488. The quantitative estimate of drug-likeness (QED) is 0.665. The van der Waals surface area contributed by atoms with Gasteiger partial charge in [-0.05, 0) is 70.3 Å². The summed E-state index contributed by atoms with van der Waals surface area (Å²) >= 11 is 4.87. The molecule has 1 heterocycles. The minimum Gasteiger partial charge on any atom is -0.496 e. The monoisotopic (exact) mass is 464 g/mol. The van der Waals surface area contributed by atoms with E-state index in [1.165, 1.54) is 11.3 Å². The number of nitrogens with two attached hydrogens (primary N) is 1. The van der Waals surface area contributed by atoms with Gasteiger partial charge in [-0.15, -0.1) is 11.3 Å². The van der Waals surface area contributed by atoms with Crippen LogP contribution in [0.2, 0.25) is 0 Å². The van der Waals surface area contributed by atoms with Gasteiger partial charge in [0, 0.05) is 10.4 Å². The van der Waals surface area contributed by atoms with Crippen molar-refractivity contribution in [1.82, 2.24) is 0 Å². The molecule has 3 N–H and O–H groups in total. The number of ether oxygens (including phenoxy) is 1. The van der Waals surface area contributed by atoms with Crippen LogP contribution in [0.4, 0.5) is 5.00 Å². The number of carbonyl (C=O) groups is 2. The molecule has 0 fully saturated rings. The van der Waals surface area contributed by atoms with Gasteiger partial charge in [0.05, 0.1) is 17.1 Å². The minimum absolute atomic E-state index is 0.202. The first-order valence-electron chi connectivity index (χ1n) is 9.21. The molecule has 0 spiro atoms. The molecule has 150 valence electrons. The van der Waals surface area contributed by atoms with Crippen LogP contribution < -0.4 is 15.8 Å². The highest BCUT2D eigenvalue weighted by Gasteiger charge is 2.33. The number of halogens is 1. The van der Waals surface area contributed by atoms with Crippen LogP contribution in [0, 0.1) is 11.3 Å². The second-order valence-corrected chi connectivity index (χ2v) is 10.1. The van der Waals surface area contributed by atoms with Gasteiger partial charge < -0.3 is 15.8 Å². The second kappa shape index (κ2) is 7.87. The number of hydrogen-bond acceptors (Lipinski definition) is 4. The molecule has 1 aliphatic rings. The first kappa shape index (κ1) is 20.9. The Morgan fingerprint density at radius 1 is 1.32 bits per heavy atom. The molecule has 7 heteroatoms. The van der Waals surface area contributed by atoms with Crippen LogP contribution in [-0.2, 0) is 12.8 Å². The molecule has 2 aromatic rings. The number of amides is 2. The lowest BCUT2D eigenvalue weighted by atomic mass is 9.72. The molecular weight excluding hydrogens is 440 g/mol. The summed E-state index contributed by atoms with van der Waals surface area (Å²) < 4.78 is 5.89. The molecule has 5 nitrogen and oxygen atoms in total. The van der Waals surface area contributed by atoms with Gasteiger partial charge in [-0.3, -0.25) is 9.59 Å². The summed E-state index contributed by atoms with van der Waals surface area (Å²) in [5, 5.41) is 3.45. The number of rotatable bonds is 4. The maximum atomic E-state index is 12.8. The SMILES string of the molecule is COc1ccc(C(=O)Nc2sc3c(c2C(N)=O)CCC(C(C)(C)C)C3)cc1Br. The van der Waals surface area contributed by atoms with Gasteiger partial charge in [0.25, 0.3) is 11.8 Å². The van der Waals surface area contributed by atoms with Crippen LogP contribution in [0.15, 0.2) is 22.7 Å². The number of thiophene rings is 1. The molecule has 0 saturated heterocycles. The third-order valence-corrected chi connectivity index (χ3v) is 7.17. The van der Waals surface area contributed by atoms with Crippen molar-refractivity contribution in [2.24, 2.45) is 17.1 Å². The Morgan fingerprint density at radius 2 is 2.04 bits per heavy atom. The van der Waals surface area contributed by atoms with Gasteiger partial charge in [0.15, 0.2) is 0 Å². The fraction of sp³-hybridized carbons (Fsp3) is 0.429. The van der Waals surface area contributed by atoms with E-state index in [1.54, 1.807) is 25.3 Å². The normalized spacial score (nSPS) is 16.4. The number of methoxy groups -OCH3 is 1. The Morgan fingerprint density at radius 3 is 2.61 bits per heavy atom. The largest absolute Gasteiger partial charge is 0.496 e. The molecule has 2 amide bonds. The smallest absolute Gasteiger partial charge is 0.256 e. The molecule has 0 aliphatic heterocycles. The van der Waals surface area contributed by atoms with Crippen molar-refractivity contribution in [3.05, 3.63) is 44.2 Å². The van der Waals surface area contributed by atoms with Crippen LogP contribution in [0.1, 0.15) is 58.3 Å². The summed E-state index contributed by atoms with van der Waals surface area (Å²) in [6.45, 7) is 6.74. The maximum absolute atomic E-state index is 12.8. The lowest BCUT2D eigenvalue weighted by molar-refractivity contribution is 0.1000. The van der Waals surface area contributed by atoms with Gasteiger partial charge >= 0.3 is 0 Å². The zero-order chi connectivity index (χ0) is 20.6. The number of anilines is 1. The molecule has 0 radical (unpaired) electrons. The molecule has 1 aromatic carbocycles. The van der Waals surface area contributed by atoms with Gasteiger partial charge in [-0.2, -0.15) is 0 Å². The molecule has 1 aliphatic carbocycles. The Bertz CT molecular complexity index is 930. The average Bonchev–Trinajstić information content (AvgIpc) is 2.97. The zero-order valence-electron chi connectivity index (χ0n) is 16.5. The van der Waals surface area contributed by atoms with Crippen molar-refractivity contribution in [3.8, 4) is 5.75 Å². The van der Waals surface area contributed by atoms with Gasteiger partial charge in [-0.25, -0.2) is 0 Å². The van der Waals surface area contributed by atoms with Crippen molar-refractivity contribution in [2.45, 2.75) is 40.0 Å². The van der Waals surface area contributed by atoms with Crippen molar-refractivity contribution in [3.63, 3.8) is 0 Å². The van der Waals surface area contributed by atoms with Crippen LogP contribution in [0.3, 0.4) is 0 Å². The molecule has 0 saturated carbocycles. The lowest BCUT2D eigenvalue weighted by Gasteiger charge is -2.33. The summed E-state index contributed by atoms with van der Waals surface area (Å²) in [7, 11) is 1.57. The average molecular weight is 465 g/mol. The standard InChI is InChI=1S/C21H25BrN2O3S/c1-21(2,3)12-6-7-13-16(10-12)28-20(17(13)18(23)25)24-19(26)11-5-8-15(27-4)14(22)9-11/h5,8-9,12H,6-7,10H2,1-4H3,(H2,23,25)(H,24,26). The summed E-state index contributed by atoms with van der Waals surface area (Å²) in [5.74, 6) is 0.421. The Labute approximate surface area is 177 Å². The summed E-state index contributed by atoms with van der Waals surface area (Å²) in [5.41, 5.74) is 7.82. The van der Waals surface area contributed by atoms with Crippen molar-refractivity contribution < 1.29 is 14.3 Å². The Hall–Kier alpha value is -1.86. The van der Waals surface area contributed by atoms with E-state index < -0.39 is 5.91 Å². The predicted molar refractivity (Wildman–Crippen MR) is 116 cm³/mol. The second-order valence-electron chi connectivity index (χ2n) is 8.18. The molecule has 28 heavy (non-hydrogen) atoms. The summed E-state index contributed by atoms with van der Waals surface area (Å²) in [6.07, 6.45) is 2.75. The van der Waals surface area contributed by atoms with E-state index in [-0.39, 0.29) is 11.3 Å². The van der Waals surface area contributed by atoms with Crippen LogP contribution in [-0.4, -0.2) is 18.9 Å². The number of carbonyl (C=O) groups excluding carboxylic acids is 2. The van der Waals surface area contributed by atoms with E-state index in [0.29, 0.717) is 32.3 Å². The summed E-state index contributed by atoms with van der Waals surface area (Å²) in [4.78, 5) is 26.1. The van der Waals surface area contributed by atoms with Crippen molar-refractivity contribution in [1.29, 1.82) is 0 Å². The summed E-state index contributed by atoms with van der Waals surface area (Å²) in [6, 6.07) is 5.11. The Balaban J connectivity index is 1.90. The first-order chi connectivity index (χ1) is 13.1. The molecule has 3 rings (SSSR count). The highest BCUT2D eigenvalue weighted by Crippen LogP contribution is 2.44. The van der Waals surface area contributed by atoms with Gasteiger partial charge in [-0.1, -0.05) is 20.8 Å². The highest BCUT2D eigenvalue weighted by atomic mass is 79.9. The molecule has 1 atom stereocenters. The fourth-order valence-electron chi connectivity index (χ4n) is 3.66. The number of primary amides is 1. The van der Waals surface area contributed by atoms with Gasteiger partial charge in [0.2, 0.25) is 0 Å². The van der Waals surface area contributed by atoms with E-state index >= 15 is 0 Å². The van der Waals surface area contributed by atoms with E-state index in [0.717, 1.165) is 29.7 Å². The lowest BCUT2D eigenvalue weighted by Crippen LogP contribution is -2.27. The van der Waals surface area contributed by atoms with Crippen LogP contribution >= 0.6 is 27.3 Å². The third kappa shape index (κ3) is 4.10. The fourth-order valence-corrected chi connectivity index (χ4v) is 5.53. The topological polar surface area (TPSA) is 81.4 Å². The van der Waals surface area contributed by atoms with Gasteiger partial charge in [0.1, 0.15) is 10.8 Å². The van der Waals surface area contributed by atoms with E-state index in [2.05, 4.69) is 42.0 Å². The Kier molecular flexibility index (Phi) is 5.87. The molecular formula is C21H25BrN2O3S. The van der Waals surface area contributed by atoms with E-state index in [1.807, 2.05) is 0 Å². The van der Waals surface area contributed by atoms with Crippen LogP contribution in [0.25, 0.3) is 0 Å². The van der Waals surface area contributed by atoms with Crippen LogP contribution in [0.5, 0.6) is 5.75 Å². The van der Waals surface area contributed by atoms with E-state index in [4.69, 9.17) is 10.5 Å². The molecule has 0 bridgehead atoms. The highest BCUT2D eigenvalue weighted by molar-refractivity contribution is 9.10. The van der Waals surface area contributed by atoms with Crippen molar-refractivity contribution in [2.75, 3.05) is 12.4 Å². The molecule has 1 aromatic heterocycles. The number of nitrogens with one attached hydrogen (secondary N) is 1. The molecule has 1 unspecified atom stereocenters.